The fourth-order valence-electron chi connectivity index (χ4n) is 3.06. The zero-order valence-electron chi connectivity index (χ0n) is 19.1. The highest BCUT2D eigenvalue weighted by Gasteiger charge is 2.30. The monoisotopic (exact) mass is 513 g/mol. The Balaban J connectivity index is 2.36. The van der Waals surface area contributed by atoms with E-state index in [-0.39, 0.29) is 18.5 Å². The maximum absolute atomic E-state index is 13.4. The van der Waals surface area contributed by atoms with E-state index in [0.717, 1.165) is 22.5 Å². The van der Waals surface area contributed by atoms with Gasteiger partial charge in [-0.1, -0.05) is 42.3 Å². The predicted octanol–water partition coefficient (Wildman–Crippen LogP) is 4.09. The number of halogens is 2. The lowest BCUT2D eigenvalue weighted by atomic mass is 10.1. The van der Waals surface area contributed by atoms with Gasteiger partial charge in [0, 0.05) is 22.6 Å². The maximum Gasteiger partial charge on any atom is 0.244 e. The van der Waals surface area contributed by atoms with Crippen molar-refractivity contribution in [3.63, 3.8) is 0 Å². The van der Waals surface area contributed by atoms with Crippen molar-refractivity contribution in [3.05, 3.63) is 64.1 Å². The third kappa shape index (κ3) is 7.91. The molecule has 0 fully saturated rings. The Labute approximate surface area is 205 Å². The largest absolute Gasteiger partial charge is 0.352 e. The van der Waals surface area contributed by atoms with E-state index in [1.165, 1.54) is 17.0 Å². The first kappa shape index (κ1) is 27.0. The van der Waals surface area contributed by atoms with Crippen LogP contribution in [-0.4, -0.2) is 50.0 Å². The quantitative estimate of drug-likeness (QED) is 0.518. The van der Waals surface area contributed by atoms with Crippen LogP contribution in [0.25, 0.3) is 0 Å². The van der Waals surface area contributed by atoms with E-state index in [0.29, 0.717) is 15.7 Å². The van der Waals surface area contributed by atoms with Gasteiger partial charge in [0.05, 0.1) is 11.9 Å². The van der Waals surface area contributed by atoms with Gasteiger partial charge in [0.25, 0.3) is 0 Å². The van der Waals surface area contributed by atoms with Gasteiger partial charge < -0.3 is 10.2 Å². The summed E-state index contributed by atoms with van der Waals surface area (Å²) < 4.78 is 26.0. The van der Waals surface area contributed by atoms with Gasteiger partial charge in [0.1, 0.15) is 12.6 Å². The molecule has 0 bridgehead atoms. The summed E-state index contributed by atoms with van der Waals surface area (Å²) in [5.74, 6) is -0.832. The molecule has 2 unspecified atom stereocenters. The lowest BCUT2D eigenvalue weighted by Gasteiger charge is -2.32. The second kappa shape index (κ2) is 11.7. The number of amides is 2. The van der Waals surface area contributed by atoms with E-state index in [1.807, 2.05) is 13.8 Å². The zero-order valence-corrected chi connectivity index (χ0v) is 21.4. The van der Waals surface area contributed by atoms with E-state index < -0.39 is 28.5 Å². The molecule has 2 aromatic carbocycles. The van der Waals surface area contributed by atoms with Crippen molar-refractivity contribution in [2.45, 2.75) is 45.8 Å². The van der Waals surface area contributed by atoms with Crippen LogP contribution in [0.15, 0.2) is 48.5 Å². The smallest absolute Gasteiger partial charge is 0.244 e. The first-order chi connectivity index (χ1) is 15.4. The van der Waals surface area contributed by atoms with Gasteiger partial charge in [-0.3, -0.25) is 13.9 Å². The molecule has 2 atom stereocenters. The Morgan fingerprint density at radius 2 is 1.48 bits per heavy atom. The maximum atomic E-state index is 13.4. The molecule has 0 aliphatic heterocycles. The highest BCUT2D eigenvalue weighted by atomic mass is 35.5. The minimum absolute atomic E-state index is 0.0611. The van der Waals surface area contributed by atoms with Crippen LogP contribution in [0.2, 0.25) is 10.0 Å². The van der Waals surface area contributed by atoms with Gasteiger partial charge in [0.15, 0.2) is 0 Å². The second-order valence-corrected chi connectivity index (χ2v) is 10.7. The Morgan fingerprint density at radius 1 is 0.970 bits per heavy atom. The Bertz CT molecular complexity index is 1060. The minimum Gasteiger partial charge on any atom is -0.352 e. The van der Waals surface area contributed by atoms with E-state index >= 15 is 0 Å². The van der Waals surface area contributed by atoms with Crippen molar-refractivity contribution in [2.75, 3.05) is 17.1 Å². The molecule has 2 rings (SSSR count). The van der Waals surface area contributed by atoms with Gasteiger partial charge in [0.2, 0.25) is 21.8 Å². The average Bonchev–Trinajstić information content (AvgIpc) is 2.76. The first-order valence-electron chi connectivity index (χ1n) is 10.5. The molecule has 2 aromatic rings. The molecule has 33 heavy (non-hydrogen) atoms. The molecule has 0 heterocycles. The third-order valence-electron chi connectivity index (χ3n) is 5.23. The van der Waals surface area contributed by atoms with Crippen molar-refractivity contribution in [2.24, 2.45) is 0 Å². The Morgan fingerprint density at radius 3 is 1.97 bits per heavy atom. The molecule has 180 valence electrons. The number of nitrogens with zero attached hydrogens (tertiary/aromatic N) is 2. The standard InChI is InChI=1S/C23H29Cl2N3O4S/c1-5-16(2)26-23(30)17(3)27(14-18-6-8-19(24)9-7-18)22(29)15-28(33(4,31)32)21-12-10-20(25)11-13-21/h6-13,16-17H,5,14-15H2,1-4H3,(H,26,30). The molecule has 7 nitrogen and oxygen atoms in total. The molecular weight excluding hydrogens is 485 g/mol. The number of hydrogen-bond donors (Lipinski definition) is 1. The van der Waals surface area contributed by atoms with E-state index in [2.05, 4.69) is 5.32 Å². The molecule has 0 aromatic heterocycles. The molecule has 0 saturated heterocycles. The third-order valence-corrected chi connectivity index (χ3v) is 6.87. The number of hydrogen-bond acceptors (Lipinski definition) is 4. The lowest BCUT2D eigenvalue weighted by Crippen LogP contribution is -2.52. The Hall–Kier alpha value is -2.29. The normalized spacial score (nSPS) is 13.2. The molecule has 0 radical (unpaired) electrons. The molecule has 1 N–H and O–H groups in total. The van der Waals surface area contributed by atoms with Crippen LogP contribution in [0, 0.1) is 0 Å². The topological polar surface area (TPSA) is 86.8 Å². The number of rotatable bonds is 10. The summed E-state index contributed by atoms with van der Waals surface area (Å²) in [5.41, 5.74) is 1.06. The molecule has 2 amide bonds. The van der Waals surface area contributed by atoms with Gasteiger partial charge in [-0.2, -0.15) is 0 Å². The highest BCUT2D eigenvalue weighted by molar-refractivity contribution is 7.92. The van der Waals surface area contributed by atoms with Crippen LogP contribution in [-0.2, 0) is 26.2 Å². The molecule has 0 aliphatic rings. The molecule has 0 spiro atoms. The molecular formula is C23H29Cl2N3O4S. The van der Waals surface area contributed by atoms with E-state index in [9.17, 15) is 18.0 Å². The van der Waals surface area contributed by atoms with Gasteiger partial charge in [-0.05, 0) is 62.2 Å². The van der Waals surface area contributed by atoms with E-state index in [1.54, 1.807) is 43.3 Å². The summed E-state index contributed by atoms with van der Waals surface area (Å²) in [6.45, 7) is 5.10. The summed E-state index contributed by atoms with van der Waals surface area (Å²) in [7, 11) is -3.78. The number of benzene rings is 2. The van der Waals surface area contributed by atoms with Gasteiger partial charge in [-0.15, -0.1) is 0 Å². The molecule has 0 saturated carbocycles. The number of carbonyl (C=O) groups excluding carboxylic acids is 2. The van der Waals surface area contributed by atoms with Crippen molar-refractivity contribution in [3.8, 4) is 0 Å². The minimum atomic E-state index is -3.78. The molecule has 0 aliphatic carbocycles. The summed E-state index contributed by atoms with van der Waals surface area (Å²) in [6.07, 6.45) is 1.76. The van der Waals surface area contributed by atoms with Gasteiger partial charge >= 0.3 is 0 Å². The summed E-state index contributed by atoms with van der Waals surface area (Å²) in [5, 5.41) is 3.87. The first-order valence-corrected chi connectivity index (χ1v) is 13.1. The summed E-state index contributed by atoms with van der Waals surface area (Å²) >= 11 is 11.9. The SMILES string of the molecule is CCC(C)NC(=O)C(C)N(Cc1ccc(Cl)cc1)C(=O)CN(c1ccc(Cl)cc1)S(C)(=O)=O. The number of sulfonamides is 1. The number of nitrogens with one attached hydrogen (secondary N) is 1. The van der Waals surface area contributed by atoms with E-state index in [4.69, 9.17) is 23.2 Å². The van der Waals surface area contributed by atoms with Crippen LogP contribution < -0.4 is 9.62 Å². The Kier molecular flexibility index (Phi) is 9.57. The van der Waals surface area contributed by atoms with Crippen LogP contribution in [0.5, 0.6) is 0 Å². The van der Waals surface area contributed by atoms with Gasteiger partial charge in [-0.25, -0.2) is 8.42 Å². The van der Waals surface area contributed by atoms with Crippen LogP contribution in [0.3, 0.4) is 0 Å². The summed E-state index contributed by atoms with van der Waals surface area (Å²) in [6, 6.07) is 12.2. The summed E-state index contributed by atoms with van der Waals surface area (Å²) in [4.78, 5) is 27.6. The van der Waals surface area contributed by atoms with Crippen LogP contribution in [0.4, 0.5) is 5.69 Å². The van der Waals surface area contributed by atoms with Crippen molar-refractivity contribution in [1.29, 1.82) is 0 Å². The van der Waals surface area contributed by atoms with Crippen molar-refractivity contribution >= 4 is 50.7 Å². The molecule has 10 heteroatoms. The number of anilines is 1. The lowest BCUT2D eigenvalue weighted by molar-refractivity contribution is -0.139. The van der Waals surface area contributed by atoms with Crippen LogP contribution in [0.1, 0.15) is 32.8 Å². The second-order valence-electron chi connectivity index (χ2n) is 7.89. The van der Waals surface area contributed by atoms with Crippen molar-refractivity contribution in [1.82, 2.24) is 10.2 Å². The number of carbonyl (C=O) groups is 2. The predicted molar refractivity (Wildman–Crippen MR) is 133 cm³/mol. The zero-order chi connectivity index (χ0) is 24.8. The average molecular weight is 514 g/mol. The fraction of sp³-hybridized carbons (Fsp3) is 0.391. The van der Waals surface area contributed by atoms with Crippen LogP contribution >= 0.6 is 23.2 Å². The highest BCUT2D eigenvalue weighted by Crippen LogP contribution is 2.21. The fourth-order valence-corrected chi connectivity index (χ4v) is 4.16. The van der Waals surface area contributed by atoms with Crippen molar-refractivity contribution < 1.29 is 18.0 Å².